The van der Waals surface area contributed by atoms with E-state index in [9.17, 15) is 18.0 Å². The molecule has 0 radical (unpaired) electrons. The van der Waals surface area contributed by atoms with Gasteiger partial charge in [0.25, 0.3) is 0 Å². The SMILES string of the molecule is CC(=N)NCc1cc(Oc2cccc(CCC(=O)Nc3ccc(Cl)c(C(F)(F)F)c3)c2)ccn1. The zero-order valence-corrected chi connectivity index (χ0v) is 18.9. The molecule has 10 heteroatoms. The number of rotatable bonds is 8. The maximum Gasteiger partial charge on any atom is 0.417 e. The van der Waals surface area contributed by atoms with Crippen LogP contribution < -0.4 is 15.4 Å². The van der Waals surface area contributed by atoms with Gasteiger partial charge in [0.15, 0.2) is 0 Å². The maximum absolute atomic E-state index is 13.0. The average Bonchev–Trinajstić information content (AvgIpc) is 2.77. The van der Waals surface area contributed by atoms with Gasteiger partial charge in [0.2, 0.25) is 5.91 Å². The molecular formula is C24H22ClF3N4O2. The first-order valence-electron chi connectivity index (χ1n) is 10.3. The summed E-state index contributed by atoms with van der Waals surface area (Å²) >= 11 is 5.61. The van der Waals surface area contributed by atoms with E-state index in [1.54, 1.807) is 43.5 Å². The van der Waals surface area contributed by atoms with Gasteiger partial charge < -0.3 is 15.4 Å². The van der Waals surface area contributed by atoms with Gasteiger partial charge in [0, 0.05) is 24.4 Å². The largest absolute Gasteiger partial charge is 0.457 e. The zero-order valence-electron chi connectivity index (χ0n) is 18.2. The first kappa shape index (κ1) is 25.0. The summed E-state index contributed by atoms with van der Waals surface area (Å²) in [6.45, 7) is 2.04. The van der Waals surface area contributed by atoms with Crippen LogP contribution in [0.3, 0.4) is 0 Å². The van der Waals surface area contributed by atoms with Crippen LogP contribution in [0, 0.1) is 5.41 Å². The van der Waals surface area contributed by atoms with Gasteiger partial charge in [0.05, 0.1) is 28.7 Å². The zero-order chi connectivity index (χ0) is 24.7. The molecule has 0 saturated carbocycles. The Kier molecular flexibility index (Phi) is 8.12. The highest BCUT2D eigenvalue weighted by molar-refractivity contribution is 6.31. The van der Waals surface area contributed by atoms with Crippen molar-refractivity contribution in [3.8, 4) is 11.5 Å². The van der Waals surface area contributed by atoms with Gasteiger partial charge in [-0.05, 0) is 55.3 Å². The number of carbonyl (C=O) groups is 1. The molecule has 3 aromatic rings. The lowest BCUT2D eigenvalue weighted by Crippen LogP contribution is -2.18. The third-order valence-electron chi connectivity index (χ3n) is 4.65. The summed E-state index contributed by atoms with van der Waals surface area (Å²) in [6, 6.07) is 13.9. The van der Waals surface area contributed by atoms with Gasteiger partial charge in [-0.2, -0.15) is 13.2 Å². The van der Waals surface area contributed by atoms with Crippen LogP contribution in [0.5, 0.6) is 11.5 Å². The summed E-state index contributed by atoms with van der Waals surface area (Å²) in [4.78, 5) is 16.5. The fourth-order valence-electron chi connectivity index (χ4n) is 3.04. The average molecular weight is 491 g/mol. The van der Waals surface area contributed by atoms with E-state index in [2.05, 4.69) is 15.6 Å². The molecular weight excluding hydrogens is 469 g/mol. The molecule has 6 nitrogen and oxygen atoms in total. The highest BCUT2D eigenvalue weighted by Crippen LogP contribution is 2.36. The molecule has 178 valence electrons. The van der Waals surface area contributed by atoms with Crippen molar-refractivity contribution in [3.63, 3.8) is 0 Å². The molecule has 1 amide bonds. The number of alkyl halides is 3. The van der Waals surface area contributed by atoms with E-state index in [1.165, 1.54) is 6.07 Å². The second-order valence-electron chi connectivity index (χ2n) is 7.45. The Labute approximate surface area is 199 Å². The normalized spacial score (nSPS) is 11.1. The summed E-state index contributed by atoms with van der Waals surface area (Å²) in [5, 5.41) is 12.4. The lowest BCUT2D eigenvalue weighted by atomic mass is 10.1. The summed E-state index contributed by atoms with van der Waals surface area (Å²) in [5.74, 6) is 1.06. The van der Waals surface area contributed by atoms with Crippen LogP contribution in [0.2, 0.25) is 5.02 Å². The Hall–Kier alpha value is -3.59. The molecule has 0 aliphatic carbocycles. The highest BCUT2D eigenvalue weighted by atomic mass is 35.5. The lowest BCUT2D eigenvalue weighted by Gasteiger charge is -2.12. The number of carbonyl (C=O) groups excluding carboxylic acids is 1. The number of halogens is 4. The molecule has 0 unspecified atom stereocenters. The molecule has 0 aliphatic rings. The van der Waals surface area contributed by atoms with E-state index in [0.717, 1.165) is 17.7 Å². The number of nitrogens with zero attached hydrogens (tertiary/aromatic N) is 1. The topological polar surface area (TPSA) is 87.1 Å². The number of nitrogens with one attached hydrogen (secondary N) is 3. The second-order valence-corrected chi connectivity index (χ2v) is 7.86. The van der Waals surface area contributed by atoms with Crippen LogP contribution in [0.15, 0.2) is 60.8 Å². The molecule has 2 aromatic carbocycles. The molecule has 0 spiro atoms. The van der Waals surface area contributed by atoms with E-state index in [4.69, 9.17) is 21.7 Å². The van der Waals surface area contributed by atoms with E-state index < -0.39 is 22.7 Å². The first-order valence-corrected chi connectivity index (χ1v) is 10.7. The van der Waals surface area contributed by atoms with Crippen molar-refractivity contribution in [1.82, 2.24) is 10.3 Å². The van der Waals surface area contributed by atoms with Crippen molar-refractivity contribution in [1.29, 1.82) is 5.41 Å². The van der Waals surface area contributed by atoms with E-state index in [1.807, 2.05) is 6.07 Å². The minimum absolute atomic E-state index is 0.0278. The Morgan fingerprint density at radius 1 is 1.12 bits per heavy atom. The third kappa shape index (κ3) is 7.48. The molecule has 0 fully saturated rings. The molecule has 1 aromatic heterocycles. The summed E-state index contributed by atoms with van der Waals surface area (Å²) < 4.78 is 44.9. The number of pyridine rings is 1. The van der Waals surface area contributed by atoms with Crippen molar-refractivity contribution in [2.75, 3.05) is 5.32 Å². The van der Waals surface area contributed by atoms with Gasteiger partial charge >= 0.3 is 6.18 Å². The fourth-order valence-corrected chi connectivity index (χ4v) is 3.27. The summed E-state index contributed by atoms with van der Waals surface area (Å²) in [7, 11) is 0. The smallest absolute Gasteiger partial charge is 0.417 e. The van der Waals surface area contributed by atoms with Crippen molar-refractivity contribution in [2.45, 2.75) is 32.5 Å². The van der Waals surface area contributed by atoms with Crippen LogP contribution in [0.1, 0.15) is 30.2 Å². The Bertz CT molecular complexity index is 1180. The van der Waals surface area contributed by atoms with E-state index in [0.29, 0.717) is 36.0 Å². The summed E-state index contributed by atoms with van der Waals surface area (Å²) in [5.41, 5.74) is 0.572. The number of hydrogen-bond acceptors (Lipinski definition) is 4. The molecule has 3 rings (SSSR count). The van der Waals surface area contributed by atoms with Gasteiger partial charge in [-0.3, -0.25) is 15.2 Å². The lowest BCUT2D eigenvalue weighted by molar-refractivity contribution is -0.137. The molecule has 0 bridgehead atoms. The first-order chi connectivity index (χ1) is 16.1. The van der Waals surface area contributed by atoms with Gasteiger partial charge in [-0.1, -0.05) is 23.7 Å². The molecule has 0 aliphatic heterocycles. The van der Waals surface area contributed by atoms with E-state index in [-0.39, 0.29) is 12.1 Å². The van der Waals surface area contributed by atoms with E-state index >= 15 is 0 Å². The highest BCUT2D eigenvalue weighted by Gasteiger charge is 2.33. The quantitative estimate of drug-likeness (QED) is 0.259. The number of hydrogen-bond donors (Lipinski definition) is 3. The van der Waals surface area contributed by atoms with Gasteiger partial charge in [0.1, 0.15) is 11.5 Å². The molecule has 34 heavy (non-hydrogen) atoms. The fraction of sp³-hybridized carbons (Fsp3) is 0.208. The van der Waals surface area contributed by atoms with Crippen LogP contribution in [-0.4, -0.2) is 16.7 Å². The number of anilines is 1. The minimum atomic E-state index is -4.61. The monoisotopic (exact) mass is 490 g/mol. The van der Waals surface area contributed by atoms with Crippen molar-refractivity contribution in [2.24, 2.45) is 0 Å². The molecule has 0 atom stereocenters. The van der Waals surface area contributed by atoms with Gasteiger partial charge in [-0.15, -0.1) is 0 Å². The molecule has 3 N–H and O–H groups in total. The van der Waals surface area contributed by atoms with Crippen molar-refractivity contribution < 1.29 is 22.7 Å². The number of aryl methyl sites for hydroxylation is 1. The number of ether oxygens (including phenoxy) is 1. The van der Waals surface area contributed by atoms with Crippen LogP contribution in [0.4, 0.5) is 18.9 Å². The second kappa shape index (κ2) is 11.0. The Balaban J connectivity index is 1.58. The predicted octanol–water partition coefficient (Wildman–Crippen LogP) is 6.20. The number of benzene rings is 2. The number of amides is 1. The number of aromatic nitrogens is 1. The molecule has 0 saturated heterocycles. The minimum Gasteiger partial charge on any atom is -0.457 e. The van der Waals surface area contributed by atoms with Crippen LogP contribution >= 0.6 is 11.6 Å². The summed E-state index contributed by atoms with van der Waals surface area (Å²) in [6.07, 6.45) is -2.56. The third-order valence-corrected chi connectivity index (χ3v) is 4.98. The molecule has 1 heterocycles. The Morgan fingerprint density at radius 2 is 1.88 bits per heavy atom. The number of amidine groups is 1. The van der Waals surface area contributed by atoms with Crippen LogP contribution in [-0.2, 0) is 23.9 Å². The Morgan fingerprint density at radius 3 is 2.62 bits per heavy atom. The van der Waals surface area contributed by atoms with Crippen LogP contribution in [0.25, 0.3) is 0 Å². The van der Waals surface area contributed by atoms with Gasteiger partial charge in [-0.25, -0.2) is 0 Å². The maximum atomic E-state index is 13.0. The standard InChI is InChI=1S/C24H22ClF3N4O2/c1-15(29)31-14-18-12-20(9-10-30-18)34-19-4-2-3-16(11-19)5-8-23(33)32-17-6-7-22(25)21(13-17)24(26,27)28/h2-4,6-7,9-13H,5,8,14H2,1H3,(H2,29,31)(H,32,33). The van der Waals surface area contributed by atoms with Crippen molar-refractivity contribution in [3.05, 3.63) is 82.6 Å². The predicted molar refractivity (Wildman–Crippen MR) is 124 cm³/mol. The van der Waals surface area contributed by atoms with Crippen molar-refractivity contribution >= 4 is 29.0 Å².